The van der Waals surface area contributed by atoms with Gasteiger partial charge in [-0.25, -0.2) is 12.7 Å². The van der Waals surface area contributed by atoms with Gasteiger partial charge in [0.05, 0.1) is 11.4 Å². The van der Waals surface area contributed by atoms with Gasteiger partial charge >= 0.3 is 0 Å². The smallest absolute Gasteiger partial charge is 0.217 e. The summed E-state index contributed by atoms with van der Waals surface area (Å²) in [4.78, 5) is 3.95. The number of likely N-dealkylation sites (N-methyl/N-ethyl adjacent to an activating group) is 1. The van der Waals surface area contributed by atoms with Crippen molar-refractivity contribution in [3.63, 3.8) is 0 Å². The third-order valence-electron chi connectivity index (χ3n) is 4.37. The van der Waals surface area contributed by atoms with Crippen molar-refractivity contribution < 1.29 is 13.5 Å². The monoisotopic (exact) mass is 332 g/mol. The van der Waals surface area contributed by atoms with E-state index in [1.54, 1.807) is 24.5 Å². The molecule has 0 radical (unpaired) electrons. The molecule has 1 atom stereocenters. The summed E-state index contributed by atoms with van der Waals surface area (Å²) in [5.74, 6) is 0. The zero-order chi connectivity index (χ0) is 16.4. The van der Waals surface area contributed by atoms with E-state index in [4.69, 9.17) is 0 Å². The van der Waals surface area contributed by atoms with Crippen LogP contribution >= 0.6 is 0 Å². The summed E-state index contributed by atoms with van der Waals surface area (Å²) in [5.41, 5.74) is 2.81. The Kier molecular flexibility index (Phi) is 4.48. The maximum absolute atomic E-state index is 12.8. The fourth-order valence-corrected chi connectivity index (χ4v) is 4.65. The number of rotatable bonds is 5. The Hall–Kier alpha value is -1.76. The van der Waals surface area contributed by atoms with Gasteiger partial charge < -0.3 is 5.11 Å². The zero-order valence-electron chi connectivity index (χ0n) is 13.0. The Labute approximate surface area is 136 Å². The largest absolute Gasteiger partial charge is 0.387 e. The quantitative estimate of drug-likeness (QED) is 0.902. The first-order chi connectivity index (χ1) is 11.0. The van der Waals surface area contributed by atoms with E-state index in [1.165, 1.54) is 11.4 Å². The first-order valence-corrected chi connectivity index (χ1v) is 9.08. The molecule has 3 rings (SSSR count). The van der Waals surface area contributed by atoms with Gasteiger partial charge in [-0.2, -0.15) is 0 Å². The van der Waals surface area contributed by atoms with Gasteiger partial charge in [0.1, 0.15) is 0 Å². The fraction of sp³-hybridized carbons (Fsp3) is 0.353. The molecule has 0 spiro atoms. The van der Waals surface area contributed by atoms with Gasteiger partial charge in [0.15, 0.2) is 0 Å². The molecule has 23 heavy (non-hydrogen) atoms. The molecule has 5 nitrogen and oxygen atoms in total. The zero-order valence-corrected chi connectivity index (χ0v) is 13.8. The average molecular weight is 332 g/mol. The van der Waals surface area contributed by atoms with E-state index in [-0.39, 0.29) is 6.54 Å². The molecule has 0 saturated heterocycles. The Morgan fingerprint density at radius 3 is 2.43 bits per heavy atom. The molecular weight excluding hydrogens is 312 g/mol. The normalized spacial score (nSPS) is 16.5. The van der Waals surface area contributed by atoms with Gasteiger partial charge in [0.25, 0.3) is 0 Å². The van der Waals surface area contributed by atoms with Crippen molar-refractivity contribution in [1.29, 1.82) is 0 Å². The van der Waals surface area contributed by atoms with Gasteiger partial charge in [-0.05, 0) is 30.0 Å². The predicted molar refractivity (Wildman–Crippen MR) is 88.4 cm³/mol. The summed E-state index contributed by atoms with van der Waals surface area (Å²) in [6.45, 7) is 0.0286. The number of sulfonamides is 1. The Morgan fingerprint density at radius 1 is 1.22 bits per heavy atom. The lowest BCUT2D eigenvalue weighted by Crippen LogP contribution is -2.38. The van der Waals surface area contributed by atoms with Crippen LogP contribution in [0.3, 0.4) is 0 Å². The highest BCUT2D eigenvalue weighted by Gasteiger charge is 2.35. The number of benzene rings is 1. The number of fused-ring (bicyclic) bond motifs is 1. The predicted octanol–water partition coefficient (Wildman–Crippen LogP) is 1.54. The first kappa shape index (κ1) is 16.1. The standard InChI is InChI=1S/C17H20N2O3S/c1-19(12-17(20)15-7-4-8-18-11-15)23(21,22)16-9-13-5-2-3-6-14(13)10-16/h2-8,11,16-17,20H,9-10,12H2,1H3. The molecule has 1 unspecified atom stereocenters. The molecule has 2 aromatic rings. The van der Waals surface area contributed by atoms with Gasteiger partial charge in [-0.3, -0.25) is 4.98 Å². The molecule has 1 aromatic heterocycles. The van der Waals surface area contributed by atoms with Crippen LogP contribution in [0, 0.1) is 0 Å². The molecule has 1 N–H and O–H groups in total. The Morgan fingerprint density at radius 2 is 1.87 bits per heavy atom. The van der Waals surface area contributed by atoms with Gasteiger partial charge in [0, 0.05) is 31.5 Å². The number of nitrogens with zero attached hydrogens (tertiary/aromatic N) is 2. The molecule has 122 valence electrons. The highest BCUT2D eigenvalue weighted by atomic mass is 32.2. The van der Waals surface area contributed by atoms with Crippen molar-refractivity contribution in [3.05, 3.63) is 65.5 Å². The van der Waals surface area contributed by atoms with Crippen LogP contribution in [0.5, 0.6) is 0 Å². The number of aliphatic hydroxyl groups excluding tert-OH is 1. The summed E-state index contributed by atoms with van der Waals surface area (Å²) in [7, 11) is -1.93. The third-order valence-corrected chi connectivity index (χ3v) is 6.56. The second-order valence-corrected chi connectivity index (χ2v) is 8.25. The minimum absolute atomic E-state index is 0.0286. The van der Waals surface area contributed by atoms with Crippen molar-refractivity contribution in [2.24, 2.45) is 0 Å². The van der Waals surface area contributed by atoms with Crippen LogP contribution in [0.1, 0.15) is 22.8 Å². The van der Waals surface area contributed by atoms with Crippen LogP contribution in [0.25, 0.3) is 0 Å². The number of hydrogen-bond donors (Lipinski definition) is 1. The lowest BCUT2D eigenvalue weighted by atomic mass is 10.1. The molecule has 1 heterocycles. The summed E-state index contributed by atoms with van der Waals surface area (Å²) < 4.78 is 26.8. The number of aliphatic hydroxyl groups is 1. The van der Waals surface area contributed by atoms with E-state index in [2.05, 4.69) is 4.98 Å². The molecule has 0 bridgehead atoms. The minimum Gasteiger partial charge on any atom is -0.387 e. The van der Waals surface area contributed by atoms with E-state index in [9.17, 15) is 13.5 Å². The van der Waals surface area contributed by atoms with Crippen molar-refractivity contribution in [1.82, 2.24) is 9.29 Å². The molecular formula is C17H20N2O3S. The minimum atomic E-state index is -3.46. The highest BCUT2D eigenvalue weighted by molar-refractivity contribution is 7.89. The third kappa shape index (κ3) is 3.29. The first-order valence-electron chi connectivity index (χ1n) is 7.58. The molecule has 0 amide bonds. The lowest BCUT2D eigenvalue weighted by molar-refractivity contribution is 0.154. The molecule has 6 heteroatoms. The average Bonchev–Trinajstić information content (AvgIpc) is 3.00. The second-order valence-electron chi connectivity index (χ2n) is 5.93. The van der Waals surface area contributed by atoms with Crippen molar-refractivity contribution in [2.45, 2.75) is 24.2 Å². The molecule has 1 aromatic carbocycles. The molecule has 0 aliphatic heterocycles. The van der Waals surface area contributed by atoms with Crippen molar-refractivity contribution in [2.75, 3.05) is 13.6 Å². The molecule has 1 aliphatic carbocycles. The van der Waals surface area contributed by atoms with E-state index in [0.29, 0.717) is 18.4 Å². The van der Waals surface area contributed by atoms with E-state index in [0.717, 1.165) is 11.1 Å². The lowest BCUT2D eigenvalue weighted by Gasteiger charge is -2.24. The van der Waals surface area contributed by atoms with Gasteiger partial charge in [-0.15, -0.1) is 0 Å². The van der Waals surface area contributed by atoms with Crippen molar-refractivity contribution >= 4 is 10.0 Å². The summed E-state index contributed by atoms with van der Waals surface area (Å²) in [5, 5.41) is 9.77. The second kappa shape index (κ2) is 6.39. The van der Waals surface area contributed by atoms with Crippen molar-refractivity contribution in [3.8, 4) is 0 Å². The van der Waals surface area contributed by atoms with Gasteiger partial charge in [0.2, 0.25) is 10.0 Å². The number of hydrogen-bond acceptors (Lipinski definition) is 4. The summed E-state index contributed by atoms with van der Waals surface area (Å²) in [6.07, 6.45) is 3.35. The van der Waals surface area contributed by atoms with E-state index >= 15 is 0 Å². The van der Waals surface area contributed by atoms with Gasteiger partial charge in [-0.1, -0.05) is 30.3 Å². The maximum atomic E-state index is 12.8. The van der Waals surface area contributed by atoms with Crippen LogP contribution in [0.2, 0.25) is 0 Å². The number of aromatic nitrogens is 1. The topological polar surface area (TPSA) is 70.5 Å². The summed E-state index contributed by atoms with van der Waals surface area (Å²) in [6, 6.07) is 11.3. The molecule has 0 fully saturated rings. The van der Waals surface area contributed by atoms with Crippen LogP contribution in [-0.4, -0.2) is 41.7 Å². The maximum Gasteiger partial charge on any atom is 0.217 e. The Bertz CT molecular complexity index is 752. The van der Waals surface area contributed by atoms with Crippen LogP contribution in [-0.2, 0) is 22.9 Å². The Balaban J connectivity index is 1.71. The fourth-order valence-electron chi connectivity index (χ4n) is 3.01. The highest BCUT2D eigenvalue weighted by Crippen LogP contribution is 2.28. The number of pyridine rings is 1. The van der Waals surface area contributed by atoms with Crippen LogP contribution in [0.4, 0.5) is 0 Å². The van der Waals surface area contributed by atoms with E-state index in [1.807, 2.05) is 24.3 Å². The summed E-state index contributed by atoms with van der Waals surface area (Å²) >= 11 is 0. The molecule has 0 saturated carbocycles. The van der Waals surface area contributed by atoms with E-state index < -0.39 is 21.4 Å². The molecule has 1 aliphatic rings. The van der Waals surface area contributed by atoms with Crippen LogP contribution in [0.15, 0.2) is 48.8 Å². The SMILES string of the molecule is CN(CC(O)c1cccnc1)S(=O)(=O)C1Cc2ccccc2C1. The van der Waals surface area contributed by atoms with Crippen LogP contribution < -0.4 is 0 Å².